The van der Waals surface area contributed by atoms with Crippen molar-refractivity contribution >= 4 is 5.69 Å². The average molecular weight is 256 g/mol. The first-order valence-electron chi connectivity index (χ1n) is 6.96. The van der Waals surface area contributed by atoms with E-state index in [-0.39, 0.29) is 0 Å². The predicted molar refractivity (Wildman–Crippen MR) is 77.0 cm³/mol. The van der Waals surface area contributed by atoms with Gasteiger partial charge in [-0.05, 0) is 37.0 Å². The third-order valence-electron chi connectivity index (χ3n) is 3.85. The van der Waals surface area contributed by atoms with Crippen LogP contribution in [0.25, 0.3) is 0 Å². The highest BCUT2D eigenvalue weighted by atomic mass is 16.3. The Morgan fingerprint density at radius 2 is 2.05 bits per heavy atom. The lowest BCUT2D eigenvalue weighted by molar-refractivity contribution is 0.496. The number of aryl methyl sites for hydroxylation is 1. The number of anilines is 1. The zero-order valence-corrected chi connectivity index (χ0v) is 11.1. The van der Waals surface area contributed by atoms with Gasteiger partial charge in [-0.1, -0.05) is 18.2 Å². The zero-order valence-electron chi connectivity index (χ0n) is 11.1. The maximum Gasteiger partial charge on any atom is 0.127 e. The molecular weight excluding hydrogens is 236 g/mol. The second kappa shape index (κ2) is 5.49. The van der Waals surface area contributed by atoms with Gasteiger partial charge >= 0.3 is 0 Å². The molecule has 0 aliphatic carbocycles. The molecule has 3 heteroatoms. The van der Waals surface area contributed by atoms with Gasteiger partial charge in [0.05, 0.1) is 12.8 Å². The van der Waals surface area contributed by atoms with E-state index in [4.69, 9.17) is 10.2 Å². The van der Waals surface area contributed by atoms with Crippen molar-refractivity contribution < 1.29 is 4.42 Å². The number of nitrogens with two attached hydrogens (primary N) is 1. The van der Waals surface area contributed by atoms with Crippen LogP contribution in [0.4, 0.5) is 5.69 Å². The van der Waals surface area contributed by atoms with Gasteiger partial charge in [0.25, 0.3) is 0 Å². The molecular formula is C16H20N2O. The molecule has 100 valence electrons. The van der Waals surface area contributed by atoms with Crippen LogP contribution in [0.5, 0.6) is 0 Å². The molecule has 0 amide bonds. The molecule has 0 saturated carbocycles. The largest absolute Gasteiger partial charge is 0.467 e. The topological polar surface area (TPSA) is 42.4 Å². The number of rotatable bonds is 3. The number of furan rings is 1. The number of nitrogens with zero attached hydrogens (tertiary/aromatic N) is 1. The highest BCUT2D eigenvalue weighted by molar-refractivity contribution is 5.54. The standard InChI is InChI=1S/C16H20N2O/c17-11-14-8-10-19-16(14)12-18-9-4-3-6-13-5-1-2-7-15(13)18/h1-2,5,7-8,10H,3-4,6,9,11-12,17H2. The molecule has 0 spiro atoms. The third kappa shape index (κ3) is 2.51. The van der Waals surface area contributed by atoms with Gasteiger partial charge in [0, 0.05) is 24.3 Å². The lowest BCUT2D eigenvalue weighted by Gasteiger charge is -2.24. The lowest BCUT2D eigenvalue weighted by atomic mass is 10.1. The average Bonchev–Trinajstić information content (AvgIpc) is 2.80. The summed E-state index contributed by atoms with van der Waals surface area (Å²) in [4.78, 5) is 2.42. The molecule has 3 nitrogen and oxygen atoms in total. The molecule has 19 heavy (non-hydrogen) atoms. The van der Waals surface area contributed by atoms with Gasteiger partial charge in [-0.3, -0.25) is 0 Å². The molecule has 1 aliphatic rings. The minimum absolute atomic E-state index is 0.543. The first-order valence-corrected chi connectivity index (χ1v) is 6.96. The first kappa shape index (κ1) is 12.3. The molecule has 1 aromatic carbocycles. The Hall–Kier alpha value is -1.74. The number of hydrogen-bond donors (Lipinski definition) is 1. The number of hydrogen-bond acceptors (Lipinski definition) is 3. The third-order valence-corrected chi connectivity index (χ3v) is 3.85. The molecule has 0 atom stereocenters. The Kier molecular flexibility index (Phi) is 3.56. The molecule has 1 aliphatic heterocycles. The van der Waals surface area contributed by atoms with Crippen molar-refractivity contribution in [1.29, 1.82) is 0 Å². The Balaban J connectivity index is 1.88. The molecule has 0 radical (unpaired) electrons. The van der Waals surface area contributed by atoms with E-state index >= 15 is 0 Å². The maximum atomic E-state index is 5.75. The summed E-state index contributed by atoms with van der Waals surface area (Å²) in [6.45, 7) is 2.44. The summed E-state index contributed by atoms with van der Waals surface area (Å²) in [7, 11) is 0. The predicted octanol–water partition coefficient (Wildman–Crippen LogP) is 3.08. The SMILES string of the molecule is NCc1ccoc1CN1CCCCc2ccccc21. The Morgan fingerprint density at radius 1 is 1.16 bits per heavy atom. The van der Waals surface area contributed by atoms with Crippen molar-refractivity contribution in [2.75, 3.05) is 11.4 Å². The summed E-state index contributed by atoms with van der Waals surface area (Å²) in [6, 6.07) is 10.7. The summed E-state index contributed by atoms with van der Waals surface area (Å²) in [5.41, 5.74) is 9.65. The van der Waals surface area contributed by atoms with E-state index in [2.05, 4.69) is 29.2 Å². The van der Waals surface area contributed by atoms with Crippen LogP contribution in [0.15, 0.2) is 41.0 Å². The lowest BCUT2D eigenvalue weighted by Crippen LogP contribution is -2.24. The normalized spacial score (nSPS) is 15.1. The van der Waals surface area contributed by atoms with Crippen molar-refractivity contribution in [3.8, 4) is 0 Å². The molecule has 0 fully saturated rings. The van der Waals surface area contributed by atoms with Gasteiger partial charge in [0.15, 0.2) is 0 Å². The molecule has 2 heterocycles. The Bertz CT molecular complexity index is 547. The number of para-hydroxylation sites is 1. The molecule has 2 aromatic rings. The van der Waals surface area contributed by atoms with Gasteiger partial charge in [0.1, 0.15) is 5.76 Å². The summed E-state index contributed by atoms with van der Waals surface area (Å²) in [6.07, 6.45) is 5.40. The second-order valence-corrected chi connectivity index (χ2v) is 5.08. The van der Waals surface area contributed by atoms with Crippen molar-refractivity contribution in [3.63, 3.8) is 0 Å². The molecule has 2 N–H and O–H groups in total. The van der Waals surface area contributed by atoms with Crippen LogP contribution < -0.4 is 10.6 Å². The van der Waals surface area contributed by atoms with E-state index in [0.29, 0.717) is 6.54 Å². The first-order chi connectivity index (χ1) is 9.38. The molecule has 0 unspecified atom stereocenters. The van der Waals surface area contributed by atoms with Crippen molar-refractivity contribution in [3.05, 3.63) is 53.5 Å². The van der Waals surface area contributed by atoms with Crippen molar-refractivity contribution in [1.82, 2.24) is 0 Å². The van der Waals surface area contributed by atoms with Crippen molar-refractivity contribution in [2.24, 2.45) is 5.73 Å². The van der Waals surface area contributed by atoms with Gasteiger partial charge in [-0.2, -0.15) is 0 Å². The second-order valence-electron chi connectivity index (χ2n) is 5.08. The summed E-state index contributed by atoms with van der Waals surface area (Å²) in [5, 5.41) is 0. The van der Waals surface area contributed by atoms with Crippen LogP contribution in [-0.2, 0) is 19.5 Å². The summed E-state index contributed by atoms with van der Waals surface area (Å²) >= 11 is 0. The fraction of sp³-hybridized carbons (Fsp3) is 0.375. The zero-order chi connectivity index (χ0) is 13.1. The van der Waals surface area contributed by atoms with E-state index in [0.717, 1.165) is 24.4 Å². The number of fused-ring (bicyclic) bond motifs is 1. The molecule has 0 saturated heterocycles. The van der Waals surface area contributed by atoms with Gasteiger partial charge in [-0.25, -0.2) is 0 Å². The molecule has 3 rings (SSSR count). The van der Waals surface area contributed by atoms with E-state index in [9.17, 15) is 0 Å². The minimum Gasteiger partial charge on any atom is -0.467 e. The molecule has 0 bridgehead atoms. The van der Waals surface area contributed by atoms with Crippen LogP contribution in [0.1, 0.15) is 29.7 Å². The Morgan fingerprint density at radius 3 is 2.95 bits per heavy atom. The highest BCUT2D eigenvalue weighted by Gasteiger charge is 2.17. The summed E-state index contributed by atoms with van der Waals surface area (Å²) in [5.74, 6) is 0.999. The van der Waals surface area contributed by atoms with Gasteiger partial charge in [-0.15, -0.1) is 0 Å². The van der Waals surface area contributed by atoms with E-state index in [1.165, 1.54) is 30.5 Å². The van der Waals surface area contributed by atoms with Crippen LogP contribution in [0.3, 0.4) is 0 Å². The van der Waals surface area contributed by atoms with Crippen LogP contribution in [0.2, 0.25) is 0 Å². The van der Waals surface area contributed by atoms with E-state index < -0.39 is 0 Å². The summed E-state index contributed by atoms with van der Waals surface area (Å²) < 4.78 is 5.59. The minimum atomic E-state index is 0.543. The fourth-order valence-electron chi connectivity index (χ4n) is 2.79. The highest BCUT2D eigenvalue weighted by Crippen LogP contribution is 2.28. The Labute approximate surface area is 114 Å². The monoisotopic (exact) mass is 256 g/mol. The van der Waals surface area contributed by atoms with Crippen LogP contribution in [0, 0.1) is 0 Å². The van der Waals surface area contributed by atoms with Gasteiger partial charge in [0.2, 0.25) is 0 Å². The van der Waals surface area contributed by atoms with Crippen molar-refractivity contribution in [2.45, 2.75) is 32.4 Å². The number of benzene rings is 1. The fourth-order valence-corrected chi connectivity index (χ4v) is 2.79. The maximum absolute atomic E-state index is 5.75. The van der Waals surface area contributed by atoms with E-state index in [1.54, 1.807) is 6.26 Å². The van der Waals surface area contributed by atoms with Crippen LogP contribution >= 0.6 is 0 Å². The smallest absolute Gasteiger partial charge is 0.127 e. The van der Waals surface area contributed by atoms with Gasteiger partial charge < -0.3 is 15.1 Å². The van der Waals surface area contributed by atoms with Crippen LogP contribution in [-0.4, -0.2) is 6.54 Å². The molecule has 1 aromatic heterocycles. The van der Waals surface area contributed by atoms with E-state index in [1.807, 2.05) is 6.07 Å². The quantitative estimate of drug-likeness (QED) is 0.917.